The Morgan fingerprint density at radius 1 is 1.00 bits per heavy atom. The number of benzene rings is 3. The van der Waals surface area contributed by atoms with E-state index in [4.69, 9.17) is 0 Å². The summed E-state index contributed by atoms with van der Waals surface area (Å²) in [6.07, 6.45) is 0. The van der Waals surface area contributed by atoms with Gasteiger partial charge in [-0.1, -0.05) is 24.3 Å². The molecule has 0 heterocycles. The van der Waals surface area contributed by atoms with Crippen LogP contribution in [0.25, 0.3) is 10.8 Å². The standard InChI is InChI=1S/C17H12N2O4.Na/c20-16-10-12-4-2-1-3-11(12)9-15(16)17(21)18-13-5-7-14(8-6-13)19(22)23;/h1-10,20H,(H,18,21);/q;+1. The second kappa shape index (κ2) is 7.44. The molecule has 7 heteroatoms. The van der Waals surface area contributed by atoms with Crippen LogP contribution in [0.4, 0.5) is 11.4 Å². The largest absolute Gasteiger partial charge is 1.00 e. The van der Waals surface area contributed by atoms with Gasteiger partial charge in [0.1, 0.15) is 5.75 Å². The predicted molar refractivity (Wildman–Crippen MR) is 86.7 cm³/mol. The van der Waals surface area contributed by atoms with Gasteiger partial charge in [0.25, 0.3) is 11.6 Å². The van der Waals surface area contributed by atoms with Gasteiger partial charge < -0.3 is 10.4 Å². The summed E-state index contributed by atoms with van der Waals surface area (Å²) in [5.41, 5.74) is 0.492. The van der Waals surface area contributed by atoms with Gasteiger partial charge in [-0.05, 0) is 35.0 Å². The van der Waals surface area contributed by atoms with Gasteiger partial charge in [-0.2, -0.15) is 0 Å². The van der Waals surface area contributed by atoms with Crippen LogP contribution in [-0.4, -0.2) is 15.9 Å². The Hall–Kier alpha value is -2.41. The first-order chi connectivity index (χ1) is 11.0. The number of nitrogens with one attached hydrogen (secondary N) is 1. The summed E-state index contributed by atoms with van der Waals surface area (Å²) in [5, 5.41) is 24.9. The number of fused-ring (bicyclic) bond motifs is 1. The van der Waals surface area contributed by atoms with Gasteiger partial charge in [-0.25, -0.2) is 0 Å². The minimum atomic E-state index is -0.513. The monoisotopic (exact) mass is 331 g/mol. The summed E-state index contributed by atoms with van der Waals surface area (Å²) in [6, 6.07) is 16.0. The van der Waals surface area contributed by atoms with Gasteiger partial charge >= 0.3 is 29.6 Å². The van der Waals surface area contributed by atoms with Gasteiger partial charge in [0.15, 0.2) is 0 Å². The Morgan fingerprint density at radius 2 is 1.58 bits per heavy atom. The molecule has 0 saturated carbocycles. The van der Waals surface area contributed by atoms with Gasteiger partial charge in [0.05, 0.1) is 10.5 Å². The smallest absolute Gasteiger partial charge is 0.507 e. The van der Waals surface area contributed by atoms with Crippen molar-refractivity contribution in [2.45, 2.75) is 0 Å². The molecule has 0 saturated heterocycles. The van der Waals surface area contributed by atoms with E-state index in [1.807, 2.05) is 24.3 Å². The zero-order valence-electron chi connectivity index (χ0n) is 12.9. The third kappa shape index (κ3) is 3.73. The van der Waals surface area contributed by atoms with Crippen molar-refractivity contribution in [3.63, 3.8) is 0 Å². The van der Waals surface area contributed by atoms with Crippen molar-refractivity contribution in [2.75, 3.05) is 5.32 Å². The molecule has 0 radical (unpaired) electrons. The Balaban J connectivity index is 0.00000208. The van der Waals surface area contributed by atoms with Crippen LogP contribution < -0.4 is 34.9 Å². The first kappa shape index (κ1) is 17.9. The molecule has 0 aromatic heterocycles. The average molecular weight is 331 g/mol. The van der Waals surface area contributed by atoms with Crippen LogP contribution in [0.2, 0.25) is 0 Å². The number of hydrogen-bond donors (Lipinski definition) is 2. The van der Waals surface area contributed by atoms with Gasteiger partial charge in [-0.15, -0.1) is 0 Å². The molecule has 0 atom stereocenters. The Morgan fingerprint density at radius 3 is 2.17 bits per heavy atom. The Kier molecular flexibility index (Phi) is 5.56. The van der Waals surface area contributed by atoms with Crippen LogP contribution in [0.1, 0.15) is 10.4 Å². The number of aromatic hydroxyl groups is 1. The minimum Gasteiger partial charge on any atom is -0.507 e. The third-order valence-corrected chi connectivity index (χ3v) is 3.44. The summed E-state index contributed by atoms with van der Waals surface area (Å²) in [6.45, 7) is 0. The number of amides is 1. The van der Waals surface area contributed by atoms with E-state index in [1.54, 1.807) is 6.07 Å². The molecule has 0 aliphatic carbocycles. The molecule has 6 nitrogen and oxygen atoms in total. The van der Waals surface area contributed by atoms with E-state index >= 15 is 0 Å². The van der Waals surface area contributed by atoms with Crippen molar-refractivity contribution in [3.05, 3.63) is 76.3 Å². The van der Waals surface area contributed by atoms with E-state index < -0.39 is 10.8 Å². The molecular weight excluding hydrogens is 319 g/mol. The van der Waals surface area contributed by atoms with Crippen molar-refractivity contribution in [1.29, 1.82) is 0 Å². The van der Waals surface area contributed by atoms with Crippen molar-refractivity contribution >= 4 is 28.1 Å². The Bertz CT molecular complexity index is 910. The molecule has 0 fully saturated rings. The number of non-ortho nitro benzene ring substituents is 1. The molecule has 114 valence electrons. The molecule has 0 aliphatic heterocycles. The van der Waals surface area contributed by atoms with E-state index in [1.165, 1.54) is 30.3 Å². The fourth-order valence-electron chi connectivity index (χ4n) is 2.28. The van der Waals surface area contributed by atoms with Gasteiger partial charge in [0.2, 0.25) is 0 Å². The zero-order valence-corrected chi connectivity index (χ0v) is 14.9. The van der Waals surface area contributed by atoms with Crippen molar-refractivity contribution in [3.8, 4) is 5.75 Å². The molecule has 0 aliphatic rings. The predicted octanol–water partition coefficient (Wildman–Crippen LogP) is 0.710. The molecule has 1 amide bonds. The van der Waals surface area contributed by atoms with Gasteiger partial charge in [-0.3, -0.25) is 14.9 Å². The number of phenolic OH excluding ortho intramolecular Hbond substituents is 1. The van der Waals surface area contributed by atoms with Crippen molar-refractivity contribution in [2.24, 2.45) is 0 Å². The number of hydrogen-bond acceptors (Lipinski definition) is 4. The number of rotatable bonds is 3. The molecule has 0 unspecified atom stereocenters. The first-order valence-corrected chi connectivity index (χ1v) is 6.82. The van der Waals surface area contributed by atoms with E-state index in [-0.39, 0.29) is 46.6 Å². The van der Waals surface area contributed by atoms with Crippen LogP contribution in [0.15, 0.2) is 60.7 Å². The molecule has 3 rings (SSSR count). The van der Waals surface area contributed by atoms with Crippen LogP contribution in [0, 0.1) is 10.1 Å². The van der Waals surface area contributed by atoms with Gasteiger partial charge in [0, 0.05) is 17.8 Å². The molecule has 3 aromatic carbocycles. The fourth-order valence-corrected chi connectivity index (χ4v) is 2.28. The van der Waals surface area contributed by atoms with Crippen LogP contribution in [0.3, 0.4) is 0 Å². The molecule has 0 spiro atoms. The van der Waals surface area contributed by atoms with E-state index in [2.05, 4.69) is 5.32 Å². The molecule has 0 bridgehead atoms. The second-order valence-electron chi connectivity index (χ2n) is 4.97. The minimum absolute atomic E-state index is 0. The molecular formula is C17H12N2NaO4+. The number of nitro groups is 1. The SMILES string of the molecule is O=C(Nc1ccc([N+](=O)[O-])cc1)c1cc2ccccc2cc1O.[Na+]. The summed E-state index contributed by atoms with van der Waals surface area (Å²) in [4.78, 5) is 22.4. The van der Waals surface area contributed by atoms with Crippen LogP contribution in [0.5, 0.6) is 5.75 Å². The second-order valence-corrected chi connectivity index (χ2v) is 4.97. The normalized spacial score (nSPS) is 10.0. The number of nitro benzene ring substituents is 1. The number of nitrogens with zero attached hydrogens (tertiary/aromatic N) is 1. The number of carbonyl (C=O) groups excluding carboxylic acids is 1. The number of carbonyl (C=O) groups is 1. The summed E-state index contributed by atoms with van der Waals surface area (Å²) >= 11 is 0. The van der Waals surface area contributed by atoms with Crippen LogP contribution >= 0.6 is 0 Å². The molecule has 24 heavy (non-hydrogen) atoms. The fraction of sp³-hybridized carbons (Fsp3) is 0. The summed E-state index contributed by atoms with van der Waals surface area (Å²) in [7, 11) is 0. The average Bonchev–Trinajstić information content (AvgIpc) is 2.54. The van der Waals surface area contributed by atoms with E-state index in [9.17, 15) is 20.0 Å². The van der Waals surface area contributed by atoms with E-state index in [0.717, 1.165) is 10.8 Å². The quantitative estimate of drug-likeness (QED) is 0.420. The maximum absolute atomic E-state index is 12.3. The van der Waals surface area contributed by atoms with Crippen molar-refractivity contribution in [1.82, 2.24) is 0 Å². The molecule has 2 N–H and O–H groups in total. The van der Waals surface area contributed by atoms with E-state index in [0.29, 0.717) is 5.69 Å². The maximum Gasteiger partial charge on any atom is 1.00 e. The third-order valence-electron chi connectivity index (χ3n) is 3.44. The first-order valence-electron chi connectivity index (χ1n) is 6.82. The topological polar surface area (TPSA) is 92.5 Å². The summed E-state index contributed by atoms with van der Waals surface area (Å²) in [5.74, 6) is -0.606. The summed E-state index contributed by atoms with van der Waals surface area (Å²) < 4.78 is 0. The molecule has 3 aromatic rings. The Labute approximate surface area is 159 Å². The maximum atomic E-state index is 12.3. The van der Waals surface area contributed by atoms with Crippen molar-refractivity contribution < 1.29 is 44.4 Å². The zero-order chi connectivity index (χ0) is 16.4. The van der Waals surface area contributed by atoms with Crippen LogP contribution in [-0.2, 0) is 0 Å². The number of phenols is 1. The number of anilines is 1.